The Morgan fingerprint density at radius 2 is 1.88 bits per heavy atom. The molecular formula is C24H20BrN3O5S. The van der Waals surface area contributed by atoms with E-state index in [1.54, 1.807) is 30.5 Å². The summed E-state index contributed by atoms with van der Waals surface area (Å²) in [6, 6.07) is 14.4. The standard InChI is InChI=1S/C24H20BrN3O5S/c1-31-19-10-16(11-20(32-2)22(19)29)13-26-27-24-28(14-18-7-4-8-33-18)23(30)21(34-24)12-15-5-3-6-17(25)9-15/h3-13,29H,14H2,1-2H3/b21-12-,26-13+,27-24-. The van der Waals surface area contributed by atoms with Crippen molar-refractivity contribution >= 4 is 51.1 Å². The zero-order valence-electron chi connectivity index (χ0n) is 18.3. The van der Waals surface area contributed by atoms with Crippen LogP contribution in [-0.2, 0) is 11.3 Å². The summed E-state index contributed by atoms with van der Waals surface area (Å²) in [5, 5.41) is 18.9. The molecule has 3 aromatic rings. The number of phenols is 1. The van der Waals surface area contributed by atoms with Crippen LogP contribution in [-0.4, -0.2) is 41.5 Å². The second kappa shape index (κ2) is 10.6. The number of methoxy groups -OCH3 is 2. The molecule has 0 unspecified atom stereocenters. The Hall–Kier alpha value is -3.50. The SMILES string of the molecule is COc1cc(/C=N/N=C2\S/C(=C\c3cccc(Br)c3)C(=O)N2Cc2ccco2)cc(OC)c1O. The minimum absolute atomic E-state index is 0.0997. The molecular weight excluding hydrogens is 522 g/mol. The first-order chi connectivity index (χ1) is 16.5. The van der Waals surface area contributed by atoms with Gasteiger partial charge in [0, 0.05) is 10.0 Å². The molecule has 0 atom stereocenters. The van der Waals surface area contributed by atoms with Crippen molar-refractivity contribution in [2.24, 2.45) is 10.2 Å². The zero-order valence-corrected chi connectivity index (χ0v) is 20.7. The van der Waals surface area contributed by atoms with Gasteiger partial charge in [0.05, 0.1) is 38.1 Å². The Kier molecular flexibility index (Phi) is 7.39. The molecule has 0 aliphatic carbocycles. The topological polar surface area (TPSA) is 96.9 Å². The largest absolute Gasteiger partial charge is 0.502 e. The molecule has 1 N–H and O–H groups in total. The quantitative estimate of drug-likeness (QED) is 0.248. The van der Waals surface area contributed by atoms with Gasteiger partial charge in [0.25, 0.3) is 5.91 Å². The molecule has 1 aliphatic heterocycles. The minimum Gasteiger partial charge on any atom is -0.502 e. The Labute approximate surface area is 208 Å². The number of hydrogen-bond donors (Lipinski definition) is 1. The van der Waals surface area contributed by atoms with Crippen LogP contribution in [0.4, 0.5) is 0 Å². The van der Waals surface area contributed by atoms with E-state index in [0.717, 1.165) is 10.0 Å². The van der Waals surface area contributed by atoms with Gasteiger partial charge in [-0.3, -0.25) is 9.69 Å². The summed E-state index contributed by atoms with van der Waals surface area (Å²) in [5.74, 6) is 0.832. The molecule has 10 heteroatoms. The smallest absolute Gasteiger partial charge is 0.267 e. The van der Waals surface area contributed by atoms with Crippen LogP contribution in [0.1, 0.15) is 16.9 Å². The Morgan fingerprint density at radius 1 is 1.12 bits per heavy atom. The number of ether oxygens (including phenoxy) is 2. The molecule has 0 bridgehead atoms. The van der Waals surface area contributed by atoms with Crippen molar-refractivity contribution in [2.75, 3.05) is 14.2 Å². The molecule has 0 spiro atoms. The van der Waals surface area contributed by atoms with Gasteiger partial charge in [-0.05, 0) is 59.8 Å². The number of amides is 1. The first-order valence-electron chi connectivity index (χ1n) is 10.0. The normalized spacial score (nSPS) is 16.2. The number of phenolic OH excluding ortho intramolecular Hbond substituents is 1. The maximum Gasteiger partial charge on any atom is 0.267 e. The molecule has 1 aromatic heterocycles. The number of rotatable bonds is 7. The van der Waals surface area contributed by atoms with Crippen molar-refractivity contribution in [3.05, 3.63) is 81.1 Å². The monoisotopic (exact) mass is 541 g/mol. The van der Waals surface area contributed by atoms with Crippen molar-refractivity contribution in [2.45, 2.75) is 6.54 Å². The van der Waals surface area contributed by atoms with Gasteiger partial charge in [-0.15, -0.1) is 5.10 Å². The number of thioether (sulfide) groups is 1. The van der Waals surface area contributed by atoms with Crippen LogP contribution in [0.2, 0.25) is 0 Å². The highest BCUT2D eigenvalue weighted by Crippen LogP contribution is 2.37. The third-order valence-electron chi connectivity index (χ3n) is 4.78. The van der Waals surface area contributed by atoms with Crippen LogP contribution in [0, 0.1) is 0 Å². The maximum atomic E-state index is 13.2. The van der Waals surface area contributed by atoms with Gasteiger partial charge in [0.15, 0.2) is 16.7 Å². The second-order valence-corrected chi connectivity index (χ2v) is 8.96. The van der Waals surface area contributed by atoms with Crippen LogP contribution >= 0.6 is 27.7 Å². The van der Waals surface area contributed by atoms with Crippen LogP contribution in [0.3, 0.4) is 0 Å². The summed E-state index contributed by atoms with van der Waals surface area (Å²) < 4.78 is 16.7. The maximum absolute atomic E-state index is 13.2. The molecule has 1 aliphatic rings. The van der Waals surface area contributed by atoms with E-state index in [1.807, 2.05) is 30.3 Å². The predicted molar refractivity (Wildman–Crippen MR) is 135 cm³/mol. The fourth-order valence-electron chi connectivity index (χ4n) is 3.16. The fourth-order valence-corrected chi connectivity index (χ4v) is 4.51. The van der Waals surface area contributed by atoms with Gasteiger partial charge >= 0.3 is 0 Å². The summed E-state index contributed by atoms with van der Waals surface area (Å²) >= 11 is 4.68. The lowest BCUT2D eigenvalue weighted by Crippen LogP contribution is -2.28. The number of nitrogens with zero attached hydrogens (tertiary/aromatic N) is 3. The molecule has 174 valence electrons. The minimum atomic E-state index is -0.191. The van der Waals surface area contributed by atoms with E-state index in [-0.39, 0.29) is 29.7 Å². The van der Waals surface area contributed by atoms with E-state index >= 15 is 0 Å². The average molecular weight is 542 g/mol. The Bertz CT molecular complexity index is 1260. The fraction of sp³-hybridized carbons (Fsp3) is 0.125. The number of hydrogen-bond acceptors (Lipinski definition) is 8. The number of amidine groups is 1. The molecule has 4 rings (SSSR count). The predicted octanol–water partition coefficient (Wildman–Crippen LogP) is 5.27. The molecule has 2 heterocycles. The number of carbonyl (C=O) groups is 1. The molecule has 34 heavy (non-hydrogen) atoms. The van der Waals surface area contributed by atoms with Crippen LogP contribution in [0.25, 0.3) is 6.08 Å². The first-order valence-corrected chi connectivity index (χ1v) is 11.6. The van der Waals surface area contributed by atoms with Crippen molar-refractivity contribution in [3.8, 4) is 17.2 Å². The van der Waals surface area contributed by atoms with Gasteiger partial charge in [-0.25, -0.2) is 0 Å². The van der Waals surface area contributed by atoms with Crippen molar-refractivity contribution in [3.63, 3.8) is 0 Å². The van der Waals surface area contributed by atoms with E-state index in [4.69, 9.17) is 13.9 Å². The molecule has 8 nitrogen and oxygen atoms in total. The molecule has 1 saturated heterocycles. The van der Waals surface area contributed by atoms with Gasteiger partial charge in [0.1, 0.15) is 5.76 Å². The summed E-state index contributed by atoms with van der Waals surface area (Å²) in [6.07, 6.45) is 4.86. The van der Waals surface area contributed by atoms with Crippen LogP contribution in [0.15, 0.2) is 78.8 Å². The van der Waals surface area contributed by atoms with Crippen molar-refractivity contribution in [1.29, 1.82) is 0 Å². The summed E-state index contributed by atoms with van der Waals surface area (Å²) in [4.78, 5) is 15.2. The van der Waals surface area contributed by atoms with Gasteiger partial charge in [-0.2, -0.15) is 5.10 Å². The number of carbonyl (C=O) groups excluding carboxylic acids is 1. The molecule has 1 fully saturated rings. The number of benzene rings is 2. The second-order valence-electron chi connectivity index (χ2n) is 7.04. The number of halogens is 1. The lowest BCUT2D eigenvalue weighted by atomic mass is 10.2. The number of aromatic hydroxyl groups is 1. The highest BCUT2D eigenvalue weighted by molar-refractivity contribution is 9.10. The summed E-state index contributed by atoms with van der Waals surface area (Å²) in [7, 11) is 2.89. The summed E-state index contributed by atoms with van der Waals surface area (Å²) in [6.45, 7) is 0.226. The molecule has 0 saturated carbocycles. The van der Waals surface area contributed by atoms with Gasteiger partial charge in [-0.1, -0.05) is 28.1 Å². The average Bonchev–Trinajstić information content (AvgIpc) is 3.44. The molecule has 2 aromatic carbocycles. The van der Waals surface area contributed by atoms with Crippen LogP contribution in [0.5, 0.6) is 17.2 Å². The Balaban J connectivity index is 1.64. The van der Waals surface area contributed by atoms with E-state index in [0.29, 0.717) is 21.4 Å². The first kappa shape index (κ1) is 23.7. The van der Waals surface area contributed by atoms with Gasteiger partial charge in [0.2, 0.25) is 5.75 Å². The highest BCUT2D eigenvalue weighted by atomic mass is 79.9. The summed E-state index contributed by atoms with van der Waals surface area (Å²) in [5.41, 5.74) is 1.49. The lowest BCUT2D eigenvalue weighted by molar-refractivity contribution is -0.122. The van der Waals surface area contributed by atoms with Gasteiger partial charge < -0.3 is 19.0 Å². The van der Waals surface area contributed by atoms with Crippen molar-refractivity contribution < 1.29 is 23.8 Å². The molecule has 0 radical (unpaired) electrons. The zero-order chi connectivity index (χ0) is 24.1. The van der Waals surface area contributed by atoms with E-state index in [2.05, 4.69) is 26.1 Å². The van der Waals surface area contributed by atoms with Crippen molar-refractivity contribution in [1.82, 2.24) is 4.90 Å². The molecule has 1 amide bonds. The third-order valence-corrected chi connectivity index (χ3v) is 6.27. The van der Waals surface area contributed by atoms with E-state index < -0.39 is 0 Å². The van der Waals surface area contributed by atoms with Crippen LogP contribution < -0.4 is 9.47 Å². The lowest BCUT2D eigenvalue weighted by Gasteiger charge is -2.12. The van der Waals surface area contributed by atoms with E-state index in [1.165, 1.54) is 37.1 Å². The highest BCUT2D eigenvalue weighted by Gasteiger charge is 2.34. The third kappa shape index (κ3) is 5.35. The Morgan fingerprint density at radius 3 is 2.53 bits per heavy atom. The van der Waals surface area contributed by atoms with E-state index in [9.17, 15) is 9.90 Å². The number of furan rings is 1.